The van der Waals surface area contributed by atoms with Crippen molar-refractivity contribution in [2.45, 2.75) is 53.5 Å². The van der Waals surface area contributed by atoms with Crippen molar-refractivity contribution in [3.05, 3.63) is 52.5 Å². The molecule has 0 aliphatic rings. The highest BCUT2D eigenvalue weighted by Gasteiger charge is 2.17. The fourth-order valence-electron chi connectivity index (χ4n) is 2.61. The molecule has 2 N–H and O–H groups in total. The Labute approximate surface area is 164 Å². The van der Waals surface area contributed by atoms with Crippen LogP contribution in [0.1, 0.15) is 57.4 Å². The summed E-state index contributed by atoms with van der Waals surface area (Å²) in [5, 5.41) is 5.14. The Hall–Kier alpha value is -2.96. The summed E-state index contributed by atoms with van der Waals surface area (Å²) in [6.45, 7) is 8.41. The first-order chi connectivity index (χ1) is 13.2. The van der Waals surface area contributed by atoms with Crippen LogP contribution in [0.3, 0.4) is 0 Å². The molecule has 7 heteroatoms. The van der Waals surface area contributed by atoms with Gasteiger partial charge in [0.05, 0.1) is 5.39 Å². The van der Waals surface area contributed by atoms with E-state index in [0.717, 1.165) is 19.3 Å². The largest absolute Gasteiger partial charge is 0.290 e. The van der Waals surface area contributed by atoms with E-state index in [1.807, 2.05) is 20.8 Å². The Morgan fingerprint density at radius 3 is 2.43 bits per heavy atom. The molecule has 1 heterocycles. The second kappa shape index (κ2) is 9.30. The van der Waals surface area contributed by atoms with Crippen molar-refractivity contribution in [1.82, 2.24) is 20.6 Å². The number of benzene rings is 1. The average molecular weight is 384 g/mol. The molecule has 1 aromatic carbocycles. The summed E-state index contributed by atoms with van der Waals surface area (Å²) >= 11 is 0. The molecule has 0 aliphatic carbocycles. The summed E-state index contributed by atoms with van der Waals surface area (Å²) in [5.74, 6) is -1.01. The molecular weight excluding hydrogens is 356 g/mol. The summed E-state index contributed by atoms with van der Waals surface area (Å²) in [5.41, 5.74) is 4.46. The Morgan fingerprint density at radius 1 is 1.11 bits per heavy atom. The number of aryl methyl sites for hydroxylation is 1. The SMILES string of the molecule is CCCCCn1nc(C(=O)NNC(=O)/C=C/C(C)(C)C)c2ccccc2c1=O. The molecule has 0 spiro atoms. The topological polar surface area (TPSA) is 93.1 Å². The van der Waals surface area contributed by atoms with Crippen molar-refractivity contribution in [2.24, 2.45) is 5.41 Å². The van der Waals surface area contributed by atoms with Gasteiger partial charge in [0, 0.05) is 18.0 Å². The molecular formula is C21H28N4O3. The number of hydrogen-bond donors (Lipinski definition) is 2. The van der Waals surface area contributed by atoms with E-state index in [2.05, 4.69) is 22.9 Å². The van der Waals surface area contributed by atoms with Crippen LogP contribution in [0.2, 0.25) is 0 Å². The van der Waals surface area contributed by atoms with Gasteiger partial charge in [-0.1, -0.05) is 64.8 Å². The van der Waals surface area contributed by atoms with Gasteiger partial charge in [-0.15, -0.1) is 0 Å². The van der Waals surface area contributed by atoms with Gasteiger partial charge < -0.3 is 0 Å². The second-order valence-electron chi connectivity index (χ2n) is 7.77. The fraction of sp³-hybridized carbons (Fsp3) is 0.429. The van der Waals surface area contributed by atoms with E-state index in [9.17, 15) is 14.4 Å². The Kier molecular flexibility index (Phi) is 7.09. The first-order valence-corrected chi connectivity index (χ1v) is 9.52. The first kappa shape index (κ1) is 21.3. The molecule has 2 aromatic rings. The molecule has 0 bridgehead atoms. The number of hydrogen-bond acceptors (Lipinski definition) is 4. The van der Waals surface area contributed by atoms with Crippen LogP contribution in [-0.4, -0.2) is 21.6 Å². The smallest absolute Gasteiger partial charge is 0.268 e. The molecule has 2 amide bonds. The molecule has 150 valence electrons. The lowest BCUT2D eigenvalue weighted by atomic mass is 9.96. The van der Waals surface area contributed by atoms with Gasteiger partial charge in [-0.25, -0.2) is 4.68 Å². The lowest BCUT2D eigenvalue weighted by molar-refractivity contribution is -0.117. The minimum atomic E-state index is -0.571. The van der Waals surface area contributed by atoms with Crippen molar-refractivity contribution in [3.63, 3.8) is 0 Å². The van der Waals surface area contributed by atoms with E-state index in [1.165, 1.54) is 10.8 Å². The van der Waals surface area contributed by atoms with Crippen LogP contribution in [0.25, 0.3) is 10.8 Å². The maximum absolute atomic E-state index is 12.6. The monoisotopic (exact) mass is 384 g/mol. The summed E-state index contributed by atoms with van der Waals surface area (Å²) < 4.78 is 1.33. The van der Waals surface area contributed by atoms with Gasteiger partial charge in [-0.3, -0.25) is 25.2 Å². The van der Waals surface area contributed by atoms with Crippen LogP contribution in [0.4, 0.5) is 0 Å². The maximum atomic E-state index is 12.6. The zero-order valence-corrected chi connectivity index (χ0v) is 16.9. The lowest BCUT2D eigenvalue weighted by Crippen LogP contribution is -2.42. The first-order valence-electron chi connectivity index (χ1n) is 9.52. The standard InChI is InChI=1S/C21H28N4O3/c1-5-6-9-14-25-20(28)16-11-8-7-10-15(16)18(24-25)19(27)23-22-17(26)12-13-21(2,3)4/h7-8,10-13H,5-6,9,14H2,1-4H3,(H,22,26)(H,23,27)/b13-12+. The Morgan fingerprint density at radius 2 is 1.79 bits per heavy atom. The Balaban J connectivity index is 2.25. The van der Waals surface area contributed by atoms with E-state index >= 15 is 0 Å². The number of hydrazine groups is 1. The quantitative estimate of drug-likeness (QED) is 0.455. The van der Waals surface area contributed by atoms with Crippen LogP contribution < -0.4 is 16.4 Å². The predicted molar refractivity (Wildman–Crippen MR) is 110 cm³/mol. The minimum Gasteiger partial charge on any atom is -0.268 e. The van der Waals surface area contributed by atoms with E-state index in [-0.39, 0.29) is 16.7 Å². The predicted octanol–water partition coefficient (Wildman–Crippen LogP) is 2.95. The molecule has 28 heavy (non-hydrogen) atoms. The van der Waals surface area contributed by atoms with Crippen LogP contribution in [-0.2, 0) is 11.3 Å². The molecule has 0 aliphatic heterocycles. The van der Waals surface area contributed by atoms with E-state index in [0.29, 0.717) is 17.3 Å². The molecule has 7 nitrogen and oxygen atoms in total. The number of allylic oxidation sites excluding steroid dienone is 1. The minimum absolute atomic E-state index is 0.104. The van der Waals surface area contributed by atoms with Gasteiger partial charge in [0.2, 0.25) is 0 Å². The highest BCUT2D eigenvalue weighted by Crippen LogP contribution is 2.14. The molecule has 2 rings (SSSR count). The Bertz CT molecular complexity index is 939. The fourth-order valence-corrected chi connectivity index (χ4v) is 2.61. The summed E-state index contributed by atoms with van der Waals surface area (Å²) in [6, 6.07) is 6.85. The molecule has 1 aromatic heterocycles. The lowest BCUT2D eigenvalue weighted by Gasteiger charge is -2.12. The van der Waals surface area contributed by atoms with Crippen LogP contribution >= 0.6 is 0 Å². The van der Waals surface area contributed by atoms with E-state index in [1.54, 1.807) is 30.3 Å². The summed E-state index contributed by atoms with van der Waals surface area (Å²) in [6.07, 6.45) is 5.91. The van der Waals surface area contributed by atoms with Crippen molar-refractivity contribution < 1.29 is 9.59 Å². The summed E-state index contributed by atoms with van der Waals surface area (Å²) in [4.78, 5) is 37.2. The number of nitrogens with one attached hydrogen (secondary N) is 2. The average Bonchev–Trinajstić information content (AvgIpc) is 2.66. The van der Waals surface area contributed by atoms with Gasteiger partial charge in [0.1, 0.15) is 0 Å². The van der Waals surface area contributed by atoms with Crippen LogP contribution in [0.5, 0.6) is 0 Å². The third-order valence-electron chi connectivity index (χ3n) is 4.09. The molecule has 0 saturated heterocycles. The van der Waals surface area contributed by atoms with Gasteiger partial charge in [0.25, 0.3) is 17.4 Å². The number of fused-ring (bicyclic) bond motifs is 1. The van der Waals surface area contributed by atoms with Gasteiger partial charge >= 0.3 is 0 Å². The highest BCUT2D eigenvalue weighted by atomic mass is 16.2. The van der Waals surface area contributed by atoms with Gasteiger partial charge in [0.15, 0.2) is 5.69 Å². The molecule has 0 atom stereocenters. The third kappa shape index (κ3) is 5.77. The van der Waals surface area contributed by atoms with Crippen molar-refractivity contribution in [3.8, 4) is 0 Å². The van der Waals surface area contributed by atoms with Crippen molar-refractivity contribution >= 4 is 22.6 Å². The number of rotatable bonds is 6. The number of nitrogens with zero attached hydrogens (tertiary/aromatic N) is 2. The third-order valence-corrected chi connectivity index (χ3v) is 4.09. The van der Waals surface area contributed by atoms with E-state index < -0.39 is 11.8 Å². The van der Waals surface area contributed by atoms with Gasteiger partial charge in [-0.2, -0.15) is 5.10 Å². The maximum Gasteiger partial charge on any atom is 0.290 e. The molecule has 0 unspecified atom stereocenters. The second-order valence-corrected chi connectivity index (χ2v) is 7.77. The van der Waals surface area contributed by atoms with E-state index in [4.69, 9.17) is 0 Å². The van der Waals surface area contributed by atoms with Crippen LogP contribution in [0.15, 0.2) is 41.2 Å². The number of amides is 2. The van der Waals surface area contributed by atoms with Crippen LogP contribution in [0, 0.1) is 5.41 Å². The number of aromatic nitrogens is 2. The molecule has 0 fully saturated rings. The zero-order chi connectivity index (χ0) is 20.7. The van der Waals surface area contributed by atoms with Gasteiger partial charge in [-0.05, 0) is 17.9 Å². The molecule has 0 radical (unpaired) electrons. The number of unbranched alkanes of at least 4 members (excludes halogenated alkanes) is 2. The normalized spacial score (nSPS) is 11.7. The van der Waals surface area contributed by atoms with Crippen molar-refractivity contribution in [1.29, 1.82) is 0 Å². The zero-order valence-electron chi connectivity index (χ0n) is 16.9. The van der Waals surface area contributed by atoms with Crippen molar-refractivity contribution in [2.75, 3.05) is 0 Å². The highest BCUT2D eigenvalue weighted by molar-refractivity contribution is 6.05. The number of carbonyl (C=O) groups excluding carboxylic acids is 2. The summed E-state index contributed by atoms with van der Waals surface area (Å²) in [7, 11) is 0. The number of carbonyl (C=O) groups is 2. The molecule has 0 saturated carbocycles.